The lowest BCUT2D eigenvalue weighted by molar-refractivity contribution is 0.141. The van der Waals surface area contributed by atoms with Crippen LogP contribution in [0.3, 0.4) is 0 Å². The Hall–Kier alpha value is -1.92. The normalized spacial score (nSPS) is 12.4. The van der Waals surface area contributed by atoms with E-state index >= 15 is 0 Å². The van der Waals surface area contributed by atoms with E-state index in [1.54, 1.807) is 19.2 Å². The molecule has 0 amide bonds. The van der Waals surface area contributed by atoms with Crippen LogP contribution in [0.15, 0.2) is 28.8 Å². The molecule has 1 aromatic carbocycles. The van der Waals surface area contributed by atoms with E-state index in [-0.39, 0.29) is 12.4 Å². The van der Waals surface area contributed by atoms with E-state index in [1.165, 1.54) is 0 Å². The number of benzene rings is 1. The van der Waals surface area contributed by atoms with Gasteiger partial charge in [-0.15, -0.1) is 0 Å². The van der Waals surface area contributed by atoms with Crippen molar-refractivity contribution < 1.29 is 14.4 Å². The number of rotatable bonds is 4. The molecule has 90 valence electrons. The second-order valence-corrected chi connectivity index (χ2v) is 3.44. The van der Waals surface area contributed by atoms with Crippen molar-refractivity contribution >= 4 is 0 Å². The summed E-state index contributed by atoms with van der Waals surface area (Å²) in [4.78, 5) is 4.06. The number of aliphatic hydroxyl groups excluding tert-OH is 1. The largest absolute Gasteiger partial charge is 0.497 e. The maximum atomic E-state index is 9.43. The predicted octanol–water partition coefficient (Wildman–Crippen LogP) is 0.737. The number of aliphatic hydroxyl groups is 1. The van der Waals surface area contributed by atoms with E-state index in [1.807, 2.05) is 12.1 Å². The highest BCUT2D eigenvalue weighted by Gasteiger charge is 2.15. The van der Waals surface area contributed by atoms with E-state index in [0.717, 1.165) is 11.3 Å². The monoisotopic (exact) mass is 235 g/mol. The van der Waals surface area contributed by atoms with Crippen molar-refractivity contribution in [2.75, 3.05) is 13.7 Å². The Morgan fingerprint density at radius 1 is 1.41 bits per heavy atom. The number of nitrogens with zero attached hydrogens (tertiary/aromatic N) is 2. The van der Waals surface area contributed by atoms with E-state index < -0.39 is 6.10 Å². The molecule has 0 aliphatic rings. The number of hydrogen-bond acceptors (Lipinski definition) is 6. The Labute approximate surface area is 98.0 Å². The molecule has 0 saturated carbocycles. The van der Waals surface area contributed by atoms with Gasteiger partial charge in [0.2, 0.25) is 5.82 Å². The molecule has 2 rings (SSSR count). The molecule has 0 bridgehead atoms. The average Bonchev–Trinajstić information content (AvgIpc) is 2.87. The summed E-state index contributed by atoms with van der Waals surface area (Å²) in [5.74, 6) is 1.29. The highest BCUT2D eigenvalue weighted by molar-refractivity contribution is 5.55. The van der Waals surface area contributed by atoms with Gasteiger partial charge in [0.1, 0.15) is 11.9 Å². The number of methoxy groups -OCH3 is 1. The van der Waals surface area contributed by atoms with E-state index in [2.05, 4.69) is 10.1 Å². The third-order valence-corrected chi connectivity index (χ3v) is 2.30. The summed E-state index contributed by atoms with van der Waals surface area (Å²) in [6.45, 7) is 0.0459. The van der Waals surface area contributed by atoms with E-state index in [0.29, 0.717) is 5.82 Å². The summed E-state index contributed by atoms with van der Waals surface area (Å²) in [5.41, 5.74) is 6.08. The van der Waals surface area contributed by atoms with Crippen LogP contribution in [0.5, 0.6) is 5.75 Å². The first-order valence-corrected chi connectivity index (χ1v) is 5.10. The molecule has 1 unspecified atom stereocenters. The first kappa shape index (κ1) is 11.6. The summed E-state index contributed by atoms with van der Waals surface area (Å²) in [7, 11) is 1.60. The molecule has 2 aromatic rings. The molecular formula is C11H13N3O3. The molecule has 0 saturated heterocycles. The van der Waals surface area contributed by atoms with Gasteiger partial charge < -0.3 is 20.1 Å². The first-order valence-electron chi connectivity index (χ1n) is 5.10. The third kappa shape index (κ3) is 2.43. The summed E-state index contributed by atoms with van der Waals surface area (Å²) in [6, 6.07) is 7.21. The van der Waals surface area contributed by atoms with Crippen molar-refractivity contribution in [1.82, 2.24) is 10.1 Å². The lowest BCUT2D eigenvalue weighted by atomic mass is 10.2. The molecule has 0 fully saturated rings. The van der Waals surface area contributed by atoms with E-state index in [9.17, 15) is 5.11 Å². The summed E-state index contributed by atoms with van der Waals surface area (Å²) in [6.07, 6.45) is -0.922. The zero-order valence-electron chi connectivity index (χ0n) is 9.33. The molecule has 1 atom stereocenters. The molecule has 17 heavy (non-hydrogen) atoms. The average molecular weight is 235 g/mol. The van der Waals surface area contributed by atoms with Gasteiger partial charge in [-0.1, -0.05) is 5.16 Å². The van der Waals surface area contributed by atoms with Gasteiger partial charge in [-0.05, 0) is 24.3 Å². The fraction of sp³-hybridized carbons (Fsp3) is 0.273. The fourth-order valence-corrected chi connectivity index (χ4v) is 1.33. The Morgan fingerprint density at radius 3 is 2.71 bits per heavy atom. The van der Waals surface area contributed by atoms with Gasteiger partial charge in [0.05, 0.1) is 7.11 Å². The maximum Gasteiger partial charge on any atom is 0.257 e. The van der Waals surface area contributed by atoms with E-state index in [4.69, 9.17) is 15.0 Å². The van der Waals surface area contributed by atoms with Crippen molar-refractivity contribution in [2.24, 2.45) is 5.73 Å². The van der Waals surface area contributed by atoms with Gasteiger partial charge in [0, 0.05) is 12.1 Å². The SMILES string of the molecule is COc1ccc(-c2noc(C(O)CN)n2)cc1. The highest BCUT2D eigenvalue weighted by atomic mass is 16.5. The molecule has 0 spiro atoms. The minimum Gasteiger partial charge on any atom is -0.497 e. The minimum absolute atomic E-state index is 0.0459. The molecule has 1 heterocycles. The highest BCUT2D eigenvalue weighted by Crippen LogP contribution is 2.21. The van der Waals surface area contributed by atoms with Gasteiger partial charge in [-0.2, -0.15) is 4.98 Å². The molecule has 0 radical (unpaired) electrons. The van der Waals surface area contributed by atoms with Crippen molar-refractivity contribution in [2.45, 2.75) is 6.10 Å². The number of ether oxygens (including phenoxy) is 1. The maximum absolute atomic E-state index is 9.43. The lowest BCUT2D eigenvalue weighted by Crippen LogP contribution is -2.11. The standard InChI is InChI=1S/C11H13N3O3/c1-16-8-4-2-7(3-5-8)10-13-11(17-14-10)9(15)6-12/h2-5,9,15H,6,12H2,1H3. The molecular weight excluding hydrogens is 222 g/mol. The Kier molecular flexibility index (Phi) is 3.36. The molecule has 1 aromatic heterocycles. The van der Waals surface area contributed by atoms with Crippen LogP contribution >= 0.6 is 0 Å². The molecule has 6 heteroatoms. The Balaban J connectivity index is 2.24. The second kappa shape index (κ2) is 4.94. The van der Waals surface area contributed by atoms with Gasteiger partial charge >= 0.3 is 0 Å². The number of nitrogens with two attached hydrogens (primary N) is 1. The van der Waals surface area contributed by atoms with Crippen LogP contribution in [0.2, 0.25) is 0 Å². The fourth-order valence-electron chi connectivity index (χ4n) is 1.33. The predicted molar refractivity (Wildman–Crippen MR) is 60.3 cm³/mol. The van der Waals surface area contributed by atoms with Crippen LogP contribution < -0.4 is 10.5 Å². The van der Waals surface area contributed by atoms with Gasteiger partial charge in [-0.25, -0.2) is 0 Å². The topological polar surface area (TPSA) is 94.4 Å². The Bertz CT molecular complexity index is 481. The second-order valence-electron chi connectivity index (χ2n) is 3.44. The summed E-state index contributed by atoms with van der Waals surface area (Å²) < 4.78 is 9.95. The molecule has 3 N–H and O–H groups in total. The van der Waals surface area contributed by atoms with Crippen molar-refractivity contribution in [3.05, 3.63) is 30.2 Å². The summed E-state index contributed by atoms with van der Waals surface area (Å²) >= 11 is 0. The van der Waals surface area contributed by atoms with Crippen LogP contribution in [0.1, 0.15) is 12.0 Å². The van der Waals surface area contributed by atoms with Crippen LogP contribution in [-0.2, 0) is 0 Å². The van der Waals surface area contributed by atoms with Crippen molar-refractivity contribution in [1.29, 1.82) is 0 Å². The zero-order chi connectivity index (χ0) is 12.3. The first-order chi connectivity index (χ1) is 8.24. The smallest absolute Gasteiger partial charge is 0.257 e. The third-order valence-electron chi connectivity index (χ3n) is 2.30. The molecule has 6 nitrogen and oxygen atoms in total. The van der Waals surface area contributed by atoms with Crippen LogP contribution in [-0.4, -0.2) is 28.9 Å². The summed E-state index contributed by atoms with van der Waals surface area (Å²) in [5, 5.41) is 13.2. The van der Waals surface area contributed by atoms with Gasteiger partial charge in [0.25, 0.3) is 5.89 Å². The van der Waals surface area contributed by atoms with Crippen LogP contribution in [0.4, 0.5) is 0 Å². The van der Waals surface area contributed by atoms with Gasteiger partial charge in [0.15, 0.2) is 0 Å². The number of aromatic nitrogens is 2. The van der Waals surface area contributed by atoms with Crippen LogP contribution in [0.25, 0.3) is 11.4 Å². The zero-order valence-corrected chi connectivity index (χ0v) is 9.33. The Morgan fingerprint density at radius 2 is 2.12 bits per heavy atom. The quantitative estimate of drug-likeness (QED) is 0.811. The van der Waals surface area contributed by atoms with Crippen molar-refractivity contribution in [3.63, 3.8) is 0 Å². The minimum atomic E-state index is -0.922. The molecule has 0 aliphatic heterocycles. The number of hydrogen-bond donors (Lipinski definition) is 2. The van der Waals surface area contributed by atoms with Crippen molar-refractivity contribution in [3.8, 4) is 17.1 Å². The van der Waals surface area contributed by atoms with Crippen LogP contribution in [0, 0.1) is 0 Å². The van der Waals surface area contributed by atoms with Gasteiger partial charge in [-0.3, -0.25) is 0 Å². The lowest BCUT2D eigenvalue weighted by Gasteiger charge is -1.99. The molecule has 0 aliphatic carbocycles.